The van der Waals surface area contributed by atoms with E-state index in [0.29, 0.717) is 42.7 Å². The summed E-state index contributed by atoms with van der Waals surface area (Å²) in [6, 6.07) is 21.7. The van der Waals surface area contributed by atoms with Crippen LogP contribution in [0.5, 0.6) is 11.5 Å². The van der Waals surface area contributed by atoms with E-state index in [1.54, 1.807) is 66.7 Å². The number of methoxy groups -OCH3 is 1. The lowest BCUT2D eigenvalue weighted by atomic mass is 9.49. The number of phenols is 1. The lowest BCUT2D eigenvalue weighted by Crippen LogP contribution is -2.53. The van der Waals surface area contributed by atoms with Gasteiger partial charge in [0.25, 0.3) is 11.8 Å². The largest absolute Gasteiger partial charge is 0.508 e. The van der Waals surface area contributed by atoms with Crippen molar-refractivity contribution in [2.75, 3.05) is 17.4 Å². The van der Waals surface area contributed by atoms with Gasteiger partial charge in [-0.2, -0.15) is 5.01 Å². The van der Waals surface area contributed by atoms with Gasteiger partial charge in [0, 0.05) is 26.0 Å². The van der Waals surface area contributed by atoms with E-state index in [0.717, 1.165) is 10.6 Å². The molecule has 3 fully saturated rings. The highest BCUT2D eigenvalue weighted by Crippen LogP contribution is 2.65. The zero-order chi connectivity index (χ0) is 37.5. The second-order valence-electron chi connectivity index (χ2n) is 13.9. The van der Waals surface area contributed by atoms with E-state index in [4.69, 9.17) is 39.5 Å². The third-order valence-corrected chi connectivity index (χ3v) is 12.7. The van der Waals surface area contributed by atoms with Gasteiger partial charge in [-0.15, -0.1) is 0 Å². The van der Waals surface area contributed by atoms with Crippen molar-refractivity contribution in [1.82, 2.24) is 5.01 Å². The number of nitrogens with zero attached hydrogens (tertiary/aromatic N) is 2. The predicted molar refractivity (Wildman–Crippen MR) is 205 cm³/mol. The highest BCUT2D eigenvalue weighted by atomic mass is 79.9. The maximum atomic E-state index is 15.4. The molecule has 9 nitrogen and oxygen atoms in total. The monoisotopic (exact) mass is 833 g/mol. The highest BCUT2D eigenvalue weighted by molar-refractivity contribution is 9.10. The van der Waals surface area contributed by atoms with E-state index < -0.39 is 52.7 Å². The number of phenolic OH excluding ortho intramolecular Hbond substituents is 1. The number of carbonyl (C=O) groups excluding carboxylic acids is 4. The van der Waals surface area contributed by atoms with Crippen LogP contribution in [0.25, 0.3) is 0 Å². The molecule has 0 radical (unpaired) electrons. The molecule has 2 aliphatic carbocycles. The second kappa shape index (κ2) is 13.2. The maximum Gasteiger partial charge on any atom is 0.260 e. The third-order valence-electron chi connectivity index (χ3n) is 11.3. The Labute approximate surface area is 328 Å². The van der Waals surface area contributed by atoms with Gasteiger partial charge in [0.1, 0.15) is 11.5 Å². The van der Waals surface area contributed by atoms with Crippen LogP contribution in [-0.4, -0.2) is 40.9 Å². The molecule has 0 bridgehead atoms. The van der Waals surface area contributed by atoms with Crippen LogP contribution in [0, 0.1) is 30.6 Å². The summed E-state index contributed by atoms with van der Waals surface area (Å²) in [4.78, 5) is 60.1. The number of ether oxygens (including phenoxy) is 1. The zero-order valence-corrected chi connectivity index (χ0v) is 32.1. The zero-order valence-electron chi connectivity index (χ0n) is 28.3. The molecule has 0 spiro atoms. The molecule has 270 valence electrons. The van der Waals surface area contributed by atoms with Crippen molar-refractivity contribution in [3.8, 4) is 11.5 Å². The van der Waals surface area contributed by atoms with E-state index in [2.05, 4.69) is 21.4 Å². The first kappa shape index (κ1) is 35.7. The van der Waals surface area contributed by atoms with Crippen molar-refractivity contribution >= 4 is 85.7 Å². The number of nitrogens with one attached hydrogen (secondary N) is 1. The maximum absolute atomic E-state index is 15.4. The molecule has 2 aliphatic heterocycles. The van der Waals surface area contributed by atoms with Crippen LogP contribution in [-0.2, 0) is 24.6 Å². The molecular weight excluding hydrogens is 805 g/mol. The van der Waals surface area contributed by atoms with Crippen LogP contribution in [0.15, 0.2) is 95.0 Å². The number of aryl methyl sites for hydroxylation is 1. The van der Waals surface area contributed by atoms with Crippen molar-refractivity contribution in [1.29, 1.82) is 0 Å². The summed E-state index contributed by atoms with van der Waals surface area (Å²) in [5.41, 5.74) is 4.43. The molecule has 1 saturated carbocycles. The minimum Gasteiger partial charge on any atom is -0.508 e. The second-order valence-corrected chi connectivity index (χ2v) is 16.0. The molecule has 2 heterocycles. The molecule has 2 N–H and O–H groups in total. The van der Waals surface area contributed by atoms with Crippen molar-refractivity contribution in [2.45, 2.75) is 31.1 Å². The fourth-order valence-electron chi connectivity index (χ4n) is 8.92. The number of rotatable bonds is 6. The van der Waals surface area contributed by atoms with Gasteiger partial charge in [0.2, 0.25) is 11.8 Å². The average molecular weight is 836 g/mol. The van der Waals surface area contributed by atoms with Gasteiger partial charge in [0.15, 0.2) is 0 Å². The topological polar surface area (TPSA) is 116 Å². The van der Waals surface area contributed by atoms with Crippen molar-refractivity contribution < 1.29 is 29.0 Å². The number of hydrogen-bond acceptors (Lipinski definition) is 7. The van der Waals surface area contributed by atoms with E-state index in [9.17, 15) is 19.5 Å². The molecule has 0 aromatic heterocycles. The van der Waals surface area contributed by atoms with Crippen LogP contribution in [0.4, 0.5) is 11.4 Å². The summed E-state index contributed by atoms with van der Waals surface area (Å²) in [7, 11) is 1.53. The number of carbonyl (C=O) groups is 4. The molecule has 4 aliphatic rings. The minimum absolute atomic E-state index is 0.0723. The Bertz CT molecular complexity index is 2280. The van der Waals surface area contributed by atoms with Crippen LogP contribution in [0.1, 0.15) is 35.4 Å². The molecular formula is C40H31BrCl3N3O6. The number of halogens is 4. The van der Waals surface area contributed by atoms with Gasteiger partial charge in [-0.05, 0) is 97.5 Å². The fraction of sp³-hybridized carbons (Fsp3) is 0.250. The van der Waals surface area contributed by atoms with Crippen molar-refractivity contribution in [3.05, 3.63) is 127 Å². The molecule has 53 heavy (non-hydrogen) atoms. The van der Waals surface area contributed by atoms with Gasteiger partial charge in [0.05, 0.1) is 46.7 Å². The molecule has 4 aromatic rings. The average Bonchev–Trinajstić information content (AvgIpc) is 3.52. The number of imide groups is 2. The molecule has 8 rings (SSSR count). The number of benzene rings is 4. The SMILES string of the molecule is COc1ccc(C23C(=O)N(Nc4ccc(Cl)cc4Cl)C(=O)C2CC2C(=CCC4C(=O)N(c5ccc(C)c(Cl)c5)C(=O)C42)C3c2cc(Br)ccc2O)cc1. The van der Waals surface area contributed by atoms with Crippen LogP contribution in [0.2, 0.25) is 15.1 Å². The third kappa shape index (κ3) is 5.40. The summed E-state index contributed by atoms with van der Waals surface area (Å²) in [5, 5.41) is 13.6. The van der Waals surface area contributed by atoms with Gasteiger partial charge in [-0.3, -0.25) is 24.6 Å². The Morgan fingerprint density at radius 3 is 2.32 bits per heavy atom. The van der Waals surface area contributed by atoms with Gasteiger partial charge < -0.3 is 9.84 Å². The Hall–Kier alpha value is -4.35. The predicted octanol–water partition coefficient (Wildman–Crippen LogP) is 8.62. The number of fused-ring (bicyclic) bond motifs is 4. The summed E-state index contributed by atoms with van der Waals surface area (Å²) < 4.78 is 6.09. The number of amides is 4. The number of hydrazine groups is 1. The smallest absolute Gasteiger partial charge is 0.260 e. The van der Waals surface area contributed by atoms with Gasteiger partial charge in [-0.25, -0.2) is 4.90 Å². The Morgan fingerprint density at radius 1 is 0.868 bits per heavy atom. The van der Waals surface area contributed by atoms with Crippen molar-refractivity contribution in [2.24, 2.45) is 23.7 Å². The number of anilines is 2. The van der Waals surface area contributed by atoms with Crippen molar-refractivity contribution in [3.63, 3.8) is 0 Å². The van der Waals surface area contributed by atoms with Crippen LogP contribution in [0.3, 0.4) is 0 Å². The minimum atomic E-state index is -1.61. The number of aromatic hydroxyl groups is 1. The summed E-state index contributed by atoms with van der Waals surface area (Å²) in [5.74, 6) is -5.55. The summed E-state index contributed by atoms with van der Waals surface area (Å²) >= 11 is 22.7. The summed E-state index contributed by atoms with van der Waals surface area (Å²) in [6.07, 6.45) is 2.22. The first-order valence-electron chi connectivity index (χ1n) is 16.9. The molecule has 4 amide bonds. The fourth-order valence-corrected chi connectivity index (χ4v) is 9.92. The van der Waals surface area contributed by atoms with Gasteiger partial charge >= 0.3 is 0 Å². The van der Waals surface area contributed by atoms with E-state index in [1.807, 2.05) is 13.0 Å². The Morgan fingerprint density at radius 2 is 1.62 bits per heavy atom. The number of allylic oxidation sites excluding steroid dienone is 2. The first-order chi connectivity index (χ1) is 25.4. The summed E-state index contributed by atoms with van der Waals surface area (Å²) in [6.45, 7) is 1.84. The highest BCUT2D eigenvalue weighted by Gasteiger charge is 2.70. The normalized spacial score (nSPS) is 26.3. The standard InChI is InChI=1S/C40H31BrCl3N3O6/c1-19-3-8-23(17-30(19)43)46-36(49)26-12-11-25-27(34(26)38(46)51)18-29-37(50)47(45-32-13-7-22(42)16-31(32)44)39(52)40(29,20-4-9-24(53-2)10-5-20)35(25)28-15-21(41)6-14-33(28)48/h3-11,13-17,26-27,29,34-35,45,48H,12,18H2,1-2H3. The Kier molecular flexibility index (Phi) is 8.88. The quantitative estimate of drug-likeness (QED) is 0.148. The number of hydrogen-bond donors (Lipinski definition) is 2. The molecule has 6 unspecified atom stereocenters. The van der Waals surface area contributed by atoms with E-state index in [-0.39, 0.29) is 35.2 Å². The van der Waals surface area contributed by atoms with Gasteiger partial charge in [-0.1, -0.05) is 80.6 Å². The molecule has 2 saturated heterocycles. The van der Waals surface area contributed by atoms with Crippen LogP contribution >= 0.6 is 50.7 Å². The van der Waals surface area contributed by atoms with E-state index >= 15 is 4.79 Å². The first-order valence-corrected chi connectivity index (χ1v) is 18.9. The van der Waals surface area contributed by atoms with Crippen LogP contribution < -0.4 is 15.1 Å². The lowest BCUT2D eigenvalue weighted by molar-refractivity contribution is -0.138. The lowest BCUT2D eigenvalue weighted by Gasteiger charge is -2.50. The molecule has 4 aromatic carbocycles. The molecule has 13 heteroatoms. The van der Waals surface area contributed by atoms with E-state index in [1.165, 1.54) is 24.1 Å². The molecule has 6 atom stereocenters. The Balaban J connectivity index is 1.34.